The minimum atomic E-state index is -4.02. The molecule has 8 nitrogen and oxygen atoms in total. The Morgan fingerprint density at radius 3 is 1.69 bits per heavy atom. The number of halogens is 2. The second-order valence-electron chi connectivity index (χ2n) is 8.06. The van der Waals surface area contributed by atoms with Crippen LogP contribution in [0.25, 0.3) is 0 Å². The Kier molecular flexibility index (Phi) is 9.15. The molecule has 3 aromatic rings. The molecule has 0 fully saturated rings. The molecule has 36 heavy (non-hydrogen) atoms. The van der Waals surface area contributed by atoms with E-state index in [1.165, 1.54) is 50.5 Å². The SMILES string of the molecule is CN(C)S(=O)(=O)c1ccc(CNC(=O)CN(Cc2ccc(Cl)cc2)S(=O)(=O)c2ccc(Cl)cc2)cc1. The number of amides is 1. The molecule has 0 unspecified atom stereocenters. The lowest BCUT2D eigenvalue weighted by Gasteiger charge is -2.22. The number of carbonyl (C=O) groups excluding carboxylic acids is 1. The number of rotatable bonds is 10. The molecular formula is C24H25Cl2N3O5S2. The van der Waals surface area contributed by atoms with E-state index in [0.29, 0.717) is 21.2 Å². The van der Waals surface area contributed by atoms with Gasteiger partial charge in [-0.15, -0.1) is 0 Å². The van der Waals surface area contributed by atoms with Crippen molar-refractivity contribution >= 4 is 49.2 Å². The largest absolute Gasteiger partial charge is 0.351 e. The highest BCUT2D eigenvalue weighted by atomic mass is 35.5. The summed E-state index contributed by atoms with van der Waals surface area (Å²) in [7, 11) is -4.70. The summed E-state index contributed by atoms with van der Waals surface area (Å²) in [6, 6.07) is 18.4. The molecular weight excluding hydrogens is 545 g/mol. The predicted molar refractivity (Wildman–Crippen MR) is 140 cm³/mol. The van der Waals surface area contributed by atoms with E-state index in [4.69, 9.17) is 23.2 Å². The van der Waals surface area contributed by atoms with Crippen molar-refractivity contribution in [1.82, 2.24) is 13.9 Å². The molecule has 1 amide bonds. The minimum absolute atomic E-state index is 0.00588. The van der Waals surface area contributed by atoms with Gasteiger partial charge in [0.2, 0.25) is 26.0 Å². The van der Waals surface area contributed by atoms with Crippen LogP contribution in [0.5, 0.6) is 0 Å². The lowest BCUT2D eigenvalue weighted by Crippen LogP contribution is -2.40. The molecule has 3 aromatic carbocycles. The molecule has 0 aliphatic carbocycles. The first kappa shape index (κ1) is 28.1. The lowest BCUT2D eigenvalue weighted by molar-refractivity contribution is -0.121. The van der Waals surface area contributed by atoms with Crippen LogP contribution in [0.3, 0.4) is 0 Å². The van der Waals surface area contributed by atoms with Crippen molar-refractivity contribution in [2.24, 2.45) is 0 Å². The van der Waals surface area contributed by atoms with Gasteiger partial charge in [0.1, 0.15) is 0 Å². The Bertz CT molecular complexity index is 1410. The van der Waals surface area contributed by atoms with Crippen molar-refractivity contribution in [2.75, 3.05) is 20.6 Å². The van der Waals surface area contributed by atoms with Crippen LogP contribution in [-0.2, 0) is 37.9 Å². The van der Waals surface area contributed by atoms with Crippen molar-refractivity contribution in [3.8, 4) is 0 Å². The summed E-state index contributed by atoms with van der Waals surface area (Å²) in [5, 5.41) is 3.59. The van der Waals surface area contributed by atoms with Gasteiger partial charge in [0.05, 0.1) is 16.3 Å². The highest BCUT2D eigenvalue weighted by molar-refractivity contribution is 7.89. The highest BCUT2D eigenvalue weighted by Crippen LogP contribution is 2.21. The normalized spacial score (nSPS) is 12.2. The standard InChI is InChI=1S/C24H25Cl2N3O5S2/c1-28(2)35(31,32)22-11-5-18(6-12-22)15-27-24(30)17-29(16-19-3-7-20(25)8-4-19)36(33,34)23-13-9-21(26)10-14-23/h3-14H,15-17H2,1-2H3,(H,27,30). The van der Waals surface area contributed by atoms with E-state index in [1.54, 1.807) is 36.4 Å². The minimum Gasteiger partial charge on any atom is -0.351 e. The quantitative estimate of drug-likeness (QED) is 0.400. The van der Waals surface area contributed by atoms with Gasteiger partial charge in [0, 0.05) is 37.2 Å². The van der Waals surface area contributed by atoms with Crippen LogP contribution in [0.15, 0.2) is 82.6 Å². The smallest absolute Gasteiger partial charge is 0.243 e. The van der Waals surface area contributed by atoms with E-state index < -0.39 is 32.5 Å². The summed E-state index contributed by atoms with van der Waals surface area (Å²) in [6.07, 6.45) is 0. The second-order valence-corrected chi connectivity index (χ2v) is 13.0. The molecule has 0 aromatic heterocycles. The van der Waals surface area contributed by atoms with Crippen LogP contribution in [0.4, 0.5) is 0 Å². The van der Waals surface area contributed by atoms with Crippen molar-refractivity contribution in [3.05, 3.63) is 94.0 Å². The van der Waals surface area contributed by atoms with E-state index in [1.807, 2.05) is 0 Å². The zero-order valence-electron chi connectivity index (χ0n) is 19.6. The number of sulfonamides is 2. The Balaban J connectivity index is 1.75. The van der Waals surface area contributed by atoms with Crippen LogP contribution < -0.4 is 5.32 Å². The second kappa shape index (κ2) is 11.7. The Morgan fingerprint density at radius 1 is 0.722 bits per heavy atom. The summed E-state index contributed by atoms with van der Waals surface area (Å²) < 4.78 is 53.3. The van der Waals surface area contributed by atoms with Gasteiger partial charge < -0.3 is 5.32 Å². The summed E-state index contributed by atoms with van der Waals surface area (Å²) in [5.74, 6) is -0.522. The monoisotopic (exact) mass is 569 g/mol. The third kappa shape index (κ3) is 7.06. The fraction of sp³-hybridized carbons (Fsp3) is 0.208. The number of hydrogen-bond acceptors (Lipinski definition) is 5. The van der Waals surface area contributed by atoms with E-state index in [0.717, 1.165) is 8.61 Å². The van der Waals surface area contributed by atoms with Crippen molar-refractivity contribution < 1.29 is 21.6 Å². The molecule has 0 saturated carbocycles. The Morgan fingerprint density at radius 2 is 1.17 bits per heavy atom. The predicted octanol–water partition coefficient (Wildman–Crippen LogP) is 3.75. The molecule has 0 heterocycles. The fourth-order valence-electron chi connectivity index (χ4n) is 3.18. The number of nitrogens with zero attached hydrogens (tertiary/aromatic N) is 2. The maximum absolute atomic E-state index is 13.3. The Hall–Kier alpha value is -2.47. The molecule has 0 atom stereocenters. The highest BCUT2D eigenvalue weighted by Gasteiger charge is 2.27. The van der Waals surface area contributed by atoms with Gasteiger partial charge in [0.25, 0.3) is 0 Å². The van der Waals surface area contributed by atoms with Crippen LogP contribution in [-0.4, -0.2) is 52.0 Å². The van der Waals surface area contributed by atoms with Crippen LogP contribution >= 0.6 is 23.2 Å². The maximum atomic E-state index is 13.3. The van der Waals surface area contributed by atoms with Crippen molar-refractivity contribution in [1.29, 1.82) is 0 Å². The first-order chi connectivity index (χ1) is 16.9. The zero-order chi connectivity index (χ0) is 26.5. The van der Waals surface area contributed by atoms with Gasteiger partial charge in [0.15, 0.2) is 0 Å². The maximum Gasteiger partial charge on any atom is 0.243 e. The van der Waals surface area contributed by atoms with Gasteiger partial charge in [-0.2, -0.15) is 4.31 Å². The topological polar surface area (TPSA) is 104 Å². The van der Waals surface area contributed by atoms with Gasteiger partial charge in [-0.3, -0.25) is 4.79 Å². The molecule has 0 aliphatic heterocycles. The molecule has 0 bridgehead atoms. The molecule has 1 N–H and O–H groups in total. The van der Waals surface area contributed by atoms with Gasteiger partial charge in [-0.05, 0) is 59.7 Å². The van der Waals surface area contributed by atoms with Gasteiger partial charge in [-0.25, -0.2) is 21.1 Å². The average Bonchev–Trinajstić information content (AvgIpc) is 2.84. The van der Waals surface area contributed by atoms with Crippen LogP contribution in [0.2, 0.25) is 10.0 Å². The molecule has 0 spiro atoms. The van der Waals surface area contributed by atoms with E-state index in [-0.39, 0.29) is 22.9 Å². The first-order valence-corrected chi connectivity index (χ1v) is 14.3. The molecule has 192 valence electrons. The molecule has 3 rings (SSSR count). The first-order valence-electron chi connectivity index (χ1n) is 10.7. The summed E-state index contributed by atoms with van der Waals surface area (Å²) in [4.78, 5) is 12.9. The van der Waals surface area contributed by atoms with Crippen molar-refractivity contribution in [3.63, 3.8) is 0 Å². The summed E-state index contributed by atoms with van der Waals surface area (Å²) in [5.41, 5.74) is 1.31. The molecule has 0 aliphatic rings. The molecule has 12 heteroatoms. The summed E-state index contributed by atoms with van der Waals surface area (Å²) >= 11 is 11.8. The number of hydrogen-bond donors (Lipinski definition) is 1. The number of benzene rings is 3. The molecule has 0 saturated heterocycles. The zero-order valence-corrected chi connectivity index (χ0v) is 22.7. The number of carbonyl (C=O) groups is 1. The fourth-order valence-corrected chi connectivity index (χ4v) is 5.72. The molecule has 0 radical (unpaired) electrons. The summed E-state index contributed by atoms with van der Waals surface area (Å²) in [6.45, 7) is -0.385. The third-order valence-electron chi connectivity index (χ3n) is 5.24. The Labute approximate surface area is 221 Å². The third-order valence-corrected chi connectivity index (χ3v) is 9.37. The van der Waals surface area contributed by atoms with E-state index in [9.17, 15) is 21.6 Å². The van der Waals surface area contributed by atoms with Gasteiger partial charge in [-0.1, -0.05) is 47.5 Å². The van der Waals surface area contributed by atoms with E-state index in [2.05, 4.69) is 5.32 Å². The van der Waals surface area contributed by atoms with Crippen LogP contribution in [0, 0.1) is 0 Å². The lowest BCUT2D eigenvalue weighted by atomic mass is 10.2. The van der Waals surface area contributed by atoms with Crippen LogP contribution in [0.1, 0.15) is 11.1 Å². The van der Waals surface area contributed by atoms with E-state index >= 15 is 0 Å². The average molecular weight is 571 g/mol. The van der Waals surface area contributed by atoms with Gasteiger partial charge >= 0.3 is 0 Å². The number of nitrogens with one attached hydrogen (secondary N) is 1. The van der Waals surface area contributed by atoms with Crippen molar-refractivity contribution in [2.45, 2.75) is 22.9 Å².